The number of hydrogen-bond acceptors (Lipinski definition) is 3. The Morgan fingerprint density at radius 2 is 2.05 bits per heavy atom. The first kappa shape index (κ1) is 13.6. The molecule has 1 aromatic rings. The van der Waals surface area contributed by atoms with Crippen molar-refractivity contribution in [3.8, 4) is 0 Å². The molecule has 2 aliphatic rings. The van der Waals surface area contributed by atoms with E-state index in [2.05, 4.69) is 26.1 Å². The maximum absolute atomic E-state index is 5.01. The molecule has 1 unspecified atom stereocenters. The van der Waals surface area contributed by atoms with Gasteiger partial charge in [-0.05, 0) is 57.8 Å². The molecule has 106 valence electrons. The summed E-state index contributed by atoms with van der Waals surface area (Å²) in [5.41, 5.74) is 1.50. The van der Waals surface area contributed by atoms with Gasteiger partial charge in [0.25, 0.3) is 0 Å². The van der Waals surface area contributed by atoms with Crippen LogP contribution in [0.3, 0.4) is 0 Å². The van der Waals surface area contributed by atoms with Crippen molar-refractivity contribution < 1.29 is 0 Å². The fourth-order valence-electron chi connectivity index (χ4n) is 3.29. The Labute approximate surface area is 121 Å². The van der Waals surface area contributed by atoms with Crippen molar-refractivity contribution in [2.45, 2.75) is 77.3 Å². The van der Waals surface area contributed by atoms with Crippen LogP contribution in [0.5, 0.6) is 0 Å². The topological polar surface area (TPSA) is 24.9 Å². The number of nitrogens with zero attached hydrogens (tertiary/aromatic N) is 1. The van der Waals surface area contributed by atoms with E-state index < -0.39 is 0 Å². The van der Waals surface area contributed by atoms with Crippen LogP contribution in [0.15, 0.2) is 0 Å². The third-order valence-corrected chi connectivity index (χ3v) is 5.66. The molecule has 3 rings (SSSR count). The number of hydrogen-bond donors (Lipinski definition) is 1. The average molecular weight is 278 g/mol. The summed E-state index contributed by atoms with van der Waals surface area (Å²) in [7, 11) is 0. The van der Waals surface area contributed by atoms with Crippen LogP contribution in [0.25, 0.3) is 0 Å². The van der Waals surface area contributed by atoms with Gasteiger partial charge in [0.05, 0.1) is 11.2 Å². The van der Waals surface area contributed by atoms with Gasteiger partial charge < -0.3 is 5.32 Å². The molecule has 0 aliphatic heterocycles. The number of rotatable bonds is 5. The Morgan fingerprint density at radius 3 is 2.68 bits per heavy atom. The van der Waals surface area contributed by atoms with Crippen LogP contribution in [-0.2, 0) is 18.4 Å². The fraction of sp³-hybridized carbons (Fsp3) is 0.812. The van der Waals surface area contributed by atoms with Crippen LogP contribution in [0.2, 0.25) is 0 Å². The monoisotopic (exact) mass is 278 g/mol. The minimum absolute atomic E-state index is 0.0946. The molecule has 0 radical (unpaired) electrons. The molecule has 2 aliphatic carbocycles. The largest absolute Gasteiger partial charge is 0.303 e. The summed E-state index contributed by atoms with van der Waals surface area (Å²) in [6.07, 6.45) is 9.02. The minimum atomic E-state index is 0.0946. The molecule has 1 saturated carbocycles. The SMILES string of the molecule is CC(C)CC(C)(NC1CC1)c1nc2c(s1)CCCC2. The van der Waals surface area contributed by atoms with E-state index in [0.717, 1.165) is 6.04 Å². The number of thiazole rings is 1. The van der Waals surface area contributed by atoms with Gasteiger partial charge in [-0.25, -0.2) is 4.98 Å². The third-order valence-electron chi connectivity index (χ3n) is 4.23. The van der Waals surface area contributed by atoms with Gasteiger partial charge in [0.1, 0.15) is 5.01 Å². The highest BCUT2D eigenvalue weighted by atomic mass is 32.1. The van der Waals surface area contributed by atoms with E-state index in [0.29, 0.717) is 5.92 Å². The molecule has 1 fully saturated rings. The first-order chi connectivity index (χ1) is 9.07. The third kappa shape index (κ3) is 3.03. The molecule has 0 spiro atoms. The zero-order valence-corrected chi connectivity index (χ0v) is 13.3. The smallest absolute Gasteiger partial charge is 0.113 e. The minimum Gasteiger partial charge on any atom is -0.303 e. The van der Waals surface area contributed by atoms with Crippen molar-refractivity contribution in [3.63, 3.8) is 0 Å². The first-order valence-electron chi connectivity index (χ1n) is 7.83. The molecule has 0 saturated heterocycles. The zero-order chi connectivity index (χ0) is 13.5. The molecular formula is C16H26N2S. The maximum Gasteiger partial charge on any atom is 0.113 e. The Balaban J connectivity index is 1.86. The van der Waals surface area contributed by atoms with Crippen LogP contribution in [0.1, 0.15) is 68.5 Å². The lowest BCUT2D eigenvalue weighted by atomic mass is 9.91. The van der Waals surface area contributed by atoms with Gasteiger partial charge in [-0.1, -0.05) is 13.8 Å². The van der Waals surface area contributed by atoms with Gasteiger partial charge in [-0.3, -0.25) is 0 Å². The Morgan fingerprint density at radius 1 is 1.32 bits per heavy atom. The molecule has 0 bridgehead atoms. The van der Waals surface area contributed by atoms with E-state index in [1.165, 1.54) is 55.6 Å². The molecule has 1 atom stereocenters. The number of fused-ring (bicyclic) bond motifs is 1. The summed E-state index contributed by atoms with van der Waals surface area (Å²) >= 11 is 1.98. The number of aryl methyl sites for hydroxylation is 2. The first-order valence-corrected chi connectivity index (χ1v) is 8.65. The van der Waals surface area contributed by atoms with E-state index >= 15 is 0 Å². The molecule has 3 heteroatoms. The normalized spacial score (nSPS) is 22.3. The van der Waals surface area contributed by atoms with E-state index in [-0.39, 0.29) is 5.54 Å². The van der Waals surface area contributed by atoms with Crippen LogP contribution in [-0.4, -0.2) is 11.0 Å². The maximum atomic E-state index is 5.01. The van der Waals surface area contributed by atoms with Crippen molar-refractivity contribution in [1.29, 1.82) is 0 Å². The number of nitrogens with one attached hydrogen (secondary N) is 1. The second-order valence-electron chi connectivity index (χ2n) is 6.94. The quantitative estimate of drug-likeness (QED) is 0.879. The lowest BCUT2D eigenvalue weighted by Crippen LogP contribution is -2.42. The summed E-state index contributed by atoms with van der Waals surface area (Å²) in [5, 5.41) is 5.22. The van der Waals surface area contributed by atoms with Crippen LogP contribution < -0.4 is 5.32 Å². The summed E-state index contributed by atoms with van der Waals surface area (Å²) in [5.74, 6) is 0.706. The van der Waals surface area contributed by atoms with E-state index in [9.17, 15) is 0 Å². The molecule has 1 aromatic heterocycles. The summed E-state index contributed by atoms with van der Waals surface area (Å²) in [4.78, 5) is 6.58. The van der Waals surface area contributed by atoms with Gasteiger partial charge in [-0.15, -0.1) is 11.3 Å². The van der Waals surface area contributed by atoms with Gasteiger partial charge >= 0.3 is 0 Å². The average Bonchev–Trinajstić information content (AvgIpc) is 3.03. The highest BCUT2D eigenvalue weighted by Gasteiger charge is 2.37. The van der Waals surface area contributed by atoms with Gasteiger partial charge in [0, 0.05) is 10.9 Å². The van der Waals surface area contributed by atoms with E-state index in [1.54, 1.807) is 4.88 Å². The molecular weight excluding hydrogens is 252 g/mol. The Kier molecular flexibility index (Phi) is 3.69. The molecule has 2 nitrogen and oxygen atoms in total. The predicted molar refractivity (Wildman–Crippen MR) is 81.7 cm³/mol. The Hall–Kier alpha value is -0.410. The lowest BCUT2D eigenvalue weighted by molar-refractivity contribution is 0.293. The molecule has 19 heavy (non-hydrogen) atoms. The van der Waals surface area contributed by atoms with Gasteiger partial charge in [0.15, 0.2) is 0 Å². The van der Waals surface area contributed by atoms with Gasteiger partial charge in [0.2, 0.25) is 0 Å². The standard InChI is InChI=1S/C16H26N2S/c1-11(2)10-16(3,18-12-8-9-12)15-17-13-6-4-5-7-14(13)19-15/h11-12,18H,4-10H2,1-3H3. The van der Waals surface area contributed by atoms with Crippen molar-refractivity contribution in [2.24, 2.45) is 5.92 Å². The van der Waals surface area contributed by atoms with Gasteiger partial charge in [-0.2, -0.15) is 0 Å². The number of aromatic nitrogens is 1. The Bertz CT molecular complexity index is 418. The summed E-state index contributed by atoms with van der Waals surface area (Å²) in [6, 6.07) is 0.740. The van der Waals surface area contributed by atoms with Crippen LogP contribution in [0, 0.1) is 5.92 Å². The molecule has 1 N–H and O–H groups in total. The van der Waals surface area contributed by atoms with E-state index in [1.807, 2.05) is 11.3 Å². The van der Waals surface area contributed by atoms with E-state index in [4.69, 9.17) is 4.98 Å². The molecule has 0 amide bonds. The van der Waals surface area contributed by atoms with Crippen molar-refractivity contribution in [1.82, 2.24) is 10.3 Å². The van der Waals surface area contributed by atoms with Crippen LogP contribution >= 0.6 is 11.3 Å². The summed E-state index contributed by atoms with van der Waals surface area (Å²) in [6.45, 7) is 7.01. The van der Waals surface area contributed by atoms with Crippen molar-refractivity contribution >= 4 is 11.3 Å². The highest BCUT2D eigenvalue weighted by Crippen LogP contribution is 2.38. The fourth-order valence-corrected chi connectivity index (χ4v) is 4.56. The van der Waals surface area contributed by atoms with Crippen molar-refractivity contribution in [2.75, 3.05) is 0 Å². The second-order valence-corrected chi connectivity index (χ2v) is 8.03. The molecule has 1 heterocycles. The molecule has 0 aromatic carbocycles. The second kappa shape index (κ2) is 5.17. The predicted octanol–water partition coefficient (Wildman–Crippen LogP) is 4.04. The van der Waals surface area contributed by atoms with Crippen LogP contribution in [0.4, 0.5) is 0 Å². The van der Waals surface area contributed by atoms with Crippen molar-refractivity contribution in [3.05, 3.63) is 15.6 Å². The highest BCUT2D eigenvalue weighted by molar-refractivity contribution is 7.11. The summed E-state index contributed by atoms with van der Waals surface area (Å²) < 4.78 is 0. The zero-order valence-electron chi connectivity index (χ0n) is 12.5. The lowest BCUT2D eigenvalue weighted by Gasteiger charge is -2.31.